The first-order valence-electron chi connectivity index (χ1n) is 6.21. The third-order valence-electron chi connectivity index (χ3n) is 2.72. The van der Waals surface area contributed by atoms with Crippen molar-refractivity contribution in [1.29, 1.82) is 0 Å². The molecule has 0 unspecified atom stereocenters. The molecule has 0 N–H and O–H groups in total. The summed E-state index contributed by atoms with van der Waals surface area (Å²) in [7, 11) is 0. The molecule has 0 spiro atoms. The van der Waals surface area contributed by atoms with E-state index in [1.807, 2.05) is 36.4 Å². The molecule has 19 heavy (non-hydrogen) atoms. The average molecular weight is 371 g/mol. The van der Waals surface area contributed by atoms with Crippen LogP contribution in [-0.2, 0) is 22.9 Å². The van der Waals surface area contributed by atoms with Crippen LogP contribution in [0.4, 0.5) is 0 Å². The van der Waals surface area contributed by atoms with Gasteiger partial charge in [-0.1, -0.05) is 32.0 Å². The van der Waals surface area contributed by atoms with Gasteiger partial charge in [0, 0.05) is 0 Å². The van der Waals surface area contributed by atoms with E-state index in [1.165, 1.54) is 27.5 Å². The van der Waals surface area contributed by atoms with Crippen molar-refractivity contribution in [2.24, 2.45) is 0 Å². The zero-order valence-electron chi connectivity index (χ0n) is 11.4. The van der Waals surface area contributed by atoms with Crippen molar-refractivity contribution >= 4 is 13.6 Å². The van der Waals surface area contributed by atoms with E-state index in [0.717, 1.165) is 5.75 Å². The van der Waals surface area contributed by atoms with E-state index in [-0.39, 0.29) is 0 Å². The molecule has 3 heteroatoms. The van der Waals surface area contributed by atoms with Gasteiger partial charge in [-0.25, -0.2) is 0 Å². The van der Waals surface area contributed by atoms with E-state index in [9.17, 15) is 0 Å². The fourth-order valence-corrected chi connectivity index (χ4v) is 1.77. The molecule has 2 rings (SSSR count). The number of para-hydroxylation sites is 1. The SMILES string of the molecule is CC(C)c1ccccc1OCc1cc[c-]cc1.[Zn+][Br]. The molecule has 0 fully saturated rings. The Bertz CT molecular complexity index is 471. The molecule has 96 valence electrons. The van der Waals surface area contributed by atoms with Gasteiger partial charge in [0.2, 0.25) is 0 Å². The number of ether oxygens (including phenoxy) is 1. The Hall–Kier alpha value is -0.657. The van der Waals surface area contributed by atoms with Crippen LogP contribution >= 0.6 is 13.6 Å². The summed E-state index contributed by atoms with van der Waals surface area (Å²) in [5.74, 6) is 1.46. The zero-order chi connectivity index (χ0) is 14.1. The summed E-state index contributed by atoms with van der Waals surface area (Å²) < 4.78 is 5.87. The molecule has 0 bridgehead atoms. The summed E-state index contributed by atoms with van der Waals surface area (Å²) in [5.41, 5.74) is 2.43. The summed E-state index contributed by atoms with van der Waals surface area (Å²) in [5, 5.41) is 0. The Morgan fingerprint density at radius 2 is 1.74 bits per heavy atom. The fraction of sp³-hybridized carbons (Fsp3) is 0.250. The van der Waals surface area contributed by atoms with Gasteiger partial charge in [-0.2, -0.15) is 30.3 Å². The average Bonchev–Trinajstić information content (AvgIpc) is 2.48. The number of hydrogen-bond acceptors (Lipinski definition) is 1. The third-order valence-corrected chi connectivity index (χ3v) is 2.72. The number of hydrogen-bond donors (Lipinski definition) is 0. The predicted molar refractivity (Wildman–Crippen MR) is 79.1 cm³/mol. The Kier molecular flexibility index (Phi) is 8.01. The first kappa shape index (κ1) is 16.4. The quantitative estimate of drug-likeness (QED) is 0.542. The predicted octanol–water partition coefficient (Wildman–Crippen LogP) is 5.03. The van der Waals surface area contributed by atoms with E-state index in [1.54, 1.807) is 0 Å². The molecule has 0 amide bonds. The van der Waals surface area contributed by atoms with Crippen LogP contribution in [-0.4, -0.2) is 0 Å². The monoisotopic (exact) mass is 368 g/mol. The van der Waals surface area contributed by atoms with Gasteiger partial charge in [0.25, 0.3) is 0 Å². The first-order valence-corrected chi connectivity index (χ1v) is 13.2. The molecular weight excluding hydrogens is 353 g/mol. The minimum atomic E-state index is 0.482. The van der Waals surface area contributed by atoms with Crippen LogP contribution in [0.25, 0.3) is 0 Å². The van der Waals surface area contributed by atoms with Crippen molar-refractivity contribution in [2.75, 3.05) is 0 Å². The summed E-state index contributed by atoms with van der Waals surface area (Å²) >= 11 is 4.25. The van der Waals surface area contributed by atoms with Crippen LogP contribution in [0, 0.1) is 6.07 Å². The minimum absolute atomic E-state index is 0.482. The molecular formula is C16H17BrOZn. The molecule has 0 saturated heterocycles. The first-order chi connectivity index (χ1) is 9.27. The molecule has 0 saturated carbocycles. The van der Waals surface area contributed by atoms with Gasteiger partial charge in [0.05, 0.1) is 6.61 Å². The summed E-state index contributed by atoms with van der Waals surface area (Å²) in [6.45, 7) is 4.97. The second-order valence-corrected chi connectivity index (χ2v) is 4.39. The van der Waals surface area contributed by atoms with Crippen LogP contribution in [0.2, 0.25) is 0 Å². The zero-order valence-corrected chi connectivity index (χ0v) is 15.9. The number of halogens is 1. The van der Waals surface area contributed by atoms with E-state index >= 15 is 0 Å². The number of rotatable bonds is 4. The van der Waals surface area contributed by atoms with Crippen LogP contribution in [0.1, 0.15) is 30.9 Å². The van der Waals surface area contributed by atoms with Crippen LogP contribution in [0.3, 0.4) is 0 Å². The fourth-order valence-electron chi connectivity index (χ4n) is 1.77. The second kappa shape index (κ2) is 9.28. The van der Waals surface area contributed by atoms with E-state index in [4.69, 9.17) is 4.74 Å². The molecule has 0 aliphatic heterocycles. The van der Waals surface area contributed by atoms with Crippen LogP contribution in [0.15, 0.2) is 48.5 Å². The van der Waals surface area contributed by atoms with Gasteiger partial charge >= 0.3 is 30.0 Å². The van der Waals surface area contributed by atoms with E-state index < -0.39 is 0 Å². The summed E-state index contributed by atoms with van der Waals surface area (Å²) in [6, 6.07) is 19.1. The molecule has 1 nitrogen and oxygen atoms in total. The van der Waals surface area contributed by atoms with Crippen molar-refractivity contribution in [1.82, 2.24) is 0 Å². The van der Waals surface area contributed by atoms with Crippen molar-refractivity contribution < 1.29 is 21.1 Å². The van der Waals surface area contributed by atoms with E-state index in [0.29, 0.717) is 12.5 Å². The summed E-state index contributed by atoms with van der Waals surface area (Å²) in [4.78, 5) is 0. The van der Waals surface area contributed by atoms with E-state index in [2.05, 4.69) is 45.7 Å². The summed E-state index contributed by atoms with van der Waals surface area (Å²) in [6.07, 6.45) is 0. The van der Waals surface area contributed by atoms with Crippen molar-refractivity contribution in [3.63, 3.8) is 0 Å². The van der Waals surface area contributed by atoms with Gasteiger partial charge in [0.1, 0.15) is 5.75 Å². The second-order valence-electron chi connectivity index (χ2n) is 4.39. The molecule has 0 aromatic heterocycles. The molecule has 2 aromatic rings. The van der Waals surface area contributed by atoms with Gasteiger partial charge < -0.3 is 4.74 Å². The van der Waals surface area contributed by atoms with Gasteiger partial charge in [0.15, 0.2) is 0 Å². The molecule has 0 heterocycles. The Balaban J connectivity index is 0.000000861. The number of benzene rings is 2. The molecule has 0 radical (unpaired) electrons. The normalized spacial score (nSPS) is 9.79. The molecule has 0 aliphatic rings. The maximum atomic E-state index is 5.87. The Morgan fingerprint density at radius 1 is 1.11 bits per heavy atom. The van der Waals surface area contributed by atoms with Gasteiger partial charge in [-0.15, -0.1) is 5.56 Å². The van der Waals surface area contributed by atoms with Gasteiger partial charge in [-0.3, -0.25) is 0 Å². The molecule has 2 aromatic carbocycles. The van der Waals surface area contributed by atoms with Crippen LogP contribution in [0.5, 0.6) is 5.75 Å². The van der Waals surface area contributed by atoms with Crippen LogP contribution < -0.4 is 4.74 Å². The standard InChI is InChI=1S/C16H17O.BrH.Zn/c1-13(2)15-10-6-7-11-16(15)17-12-14-8-4-3-5-9-14;;/h4-11,13H,12H2,1-2H3;1H;/q-1;;+2/p-1. The van der Waals surface area contributed by atoms with Crippen molar-refractivity contribution in [2.45, 2.75) is 26.4 Å². The molecule has 0 atom stereocenters. The van der Waals surface area contributed by atoms with Crippen molar-refractivity contribution in [3.8, 4) is 5.75 Å². The topological polar surface area (TPSA) is 9.23 Å². The third kappa shape index (κ3) is 5.46. The maximum absolute atomic E-state index is 5.87. The molecule has 0 aliphatic carbocycles. The van der Waals surface area contributed by atoms with Gasteiger partial charge in [-0.05, 0) is 17.5 Å². The Labute approximate surface area is 132 Å². The Morgan fingerprint density at radius 3 is 2.37 bits per heavy atom. The van der Waals surface area contributed by atoms with Crippen molar-refractivity contribution in [3.05, 3.63) is 65.7 Å².